The minimum Gasteiger partial charge on any atom is -0.375 e. The van der Waals surface area contributed by atoms with Crippen LogP contribution in [0, 0.1) is 0 Å². The predicted octanol–water partition coefficient (Wildman–Crippen LogP) is 3.88. The van der Waals surface area contributed by atoms with Crippen molar-refractivity contribution in [2.45, 2.75) is 12.1 Å². The van der Waals surface area contributed by atoms with Gasteiger partial charge in [-0.3, -0.25) is 0 Å². The Bertz CT molecular complexity index is 577. The highest BCUT2D eigenvalue weighted by molar-refractivity contribution is 5.61. The first-order chi connectivity index (χ1) is 9.38. The van der Waals surface area contributed by atoms with Gasteiger partial charge >= 0.3 is 0 Å². The lowest BCUT2D eigenvalue weighted by Gasteiger charge is -2.30. The molecule has 0 unspecified atom stereocenters. The molecule has 0 fully saturated rings. The smallest absolute Gasteiger partial charge is 0.0998 e. The van der Waals surface area contributed by atoms with E-state index in [9.17, 15) is 0 Å². The molecule has 0 saturated carbocycles. The maximum Gasteiger partial charge on any atom is 0.0998 e. The first kappa shape index (κ1) is 12.0. The molecule has 96 valence electrons. The van der Waals surface area contributed by atoms with Gasteiger partial charge in [0, 0.05) is 12.8 Å². The van der Waals surface area contributed by atoms with Crippen LogP contribution in [-0.2, 0) is 4.74 Å². The van der Waals surface area contributed by atoms with E-state index in [2.05, 4.69) is 53.9 Å². The number of nitrogens with one attached hydrogen (secondary N) is 1. The van der Waals surface area contributed by atoms with Gasteiger partial charge in [-0.15, -0.1) is 0 Å². The summed E-state index contributed by atoms with van der Waals surface area (Å²) in [6.45, 7) is 0. The minimum absolute atomic E-state index is 0.0510. The fourth-order valence-corrected chi connectivity index (χ4v) is 2.52. The number of anilines is 1. The lowest BCUT2D eigenvalue weighted by atomic mass is 9.90. The Labute approximate surface area is 113 Å². The van der Waals surface area contributed by atoms with E-state index in [0.29, 0.717) is 0 Å². The van der Waals surface area contributed by atoms with Gasteiger partial charge in [0.05, 0.1) is 12.1 Å². The maximum absolute atomic E-state index is 5.58. The second-order valence-electron chi connectivity index (χ2n) is 4.68. The van der Waals surface area contributed by atoms with Crippen molar-refractivity contribution in [3.63, 3.8) is 0 Å². The number of benzene rings is 2. The summed E-state index contributed by atoms with van der Waals surface area (Å²) >= 11 is 0. The summed E-state index contributed by atoms with van der Waals surface area (Å²) in [5, 5.41) is 3.56. The fraction of sp³-hybridized carbons (Fsp3) is 0.176. The Kier molecular flexibility index (Phi) is 3.34. The third kappa shape index (κ3) is 2.40. The lowest BCUT2D eigenvalue weighted by Crippen LogP contribution is -2.28. The van der Waals surface area contributed by atoms with Crippen LogP contribution in [0.25, 0.3) is 6.08 Å². The number of para-hydroxylation sites is 1. The van der Waals surface area contributed by atoms with Crippen LogP contribution in [0.2, 0.25) is 0 Å². The standard InChI is InChI=1S/C17H17NO/c1-19-16-12-11-13-7-5-6-10-15(13)17(16)18-14-8-3-2-4-9-14/h2-12,16-18H,1H3/t16-,17+/m0/s1. The van der Waals surface area contributed by atoms with Crippen molar-refractivity contribution in [2.24, 2.45) is 0 Å². The van der Waals surface area contributed by atoms with Crippen LogP contribution in [0.15, 0.2) is 60.7 Å². The van der Waals surface area contributed by atoms with Gasteiger partial charge in [-0.05, 0) is 23.3 Å². The van der Waals surface area contributed by atoms with Crippen molar-refractivity contribution in [1.29, 1.82) is 0 Å². The highest BCUT2D eigenvalue weighted by atomic mass is 16.5. The third-order valence-electron chi connectivity index (χ3n) is 3.49. The number of ether oxygens (including phenoxy) is 1. The molecule has 0 aromatic heterocycles. The second-order valence-corrected chi connectivity index (χ2v) is 4.68. The molecular formula is C17H17NO. The van der Waals surface area contributed by atoms with Crippen molar-refractivity contribution in [2.75, 3.05) is 12.4 Å². The molecule has 2 atom stereocenters. The van der Waals surface area contributed by atoms with E-state index in [1.165, 1.54) is 11.1 Å². The van der Waals surface area contributed by atoms with Gasteiger partial charge in [-0.1, -0.05) is 54.6 Å². The fourth-order valence-electron chi connectivity index (χ4n) is 2.52. The van der Waals surface area contributed by atoms with Crippen LogP contribution < -0.4 is 5.32 Å². The number of methoxy groups -OCH3 is 1. The average Bonchev–Trinajstić information content (AvgIpc) is 2.49. The molecule has 0 spiro atoms. The van der Waals surface area contributed by atoms with E-state index in [4.69, 9.17) is 4.74 Å². The molecule has 3 rings (SSSR count). The van der Waals surface area contributed by atoms with Gasteiger partial charge in [0.2, 0.25) is 0 Å². The number of hydrogen-bond acceptors (Lipinski definition) is 2. The van der Waals surface area contributed by atoms with Gasteiger partial charge in [0.15, 0.2) is 0 Å². The quantitative estimate of drug-likeness (QED) is 0.893. The number of rotatable bonds is 3. The maximum atomic E-state index is 5.58. The molecule has 0 heterocycles. The molecular weight excluding hydrogens is 234 g/mol. The Hall–Kier alpha value is -2.06. The molecule has 1 N–H and O–H groups in total. The predicted molar refractivity (Wildman–Crippen MR) is 79.1 cm³/mol. The molecule has 0 radical (unpaired) electrons. The molecule has 19 heavy (non-hydrogen) atoms. The van der Waals surface area contributed by atoms with Gasteiger partial charge in [-0.25, -0.2) is 0 Å². The van der Waals surface area contributed by atoms with E-state index >= 15 is 0 Å². The zero-order valence-corrected chi connectivity index (χ0v) is 10.9. The van der Waals surface area contributed by atoms with Gasteiger partial charge in [0.25, 0.3) is 0 Å². The van der Waals surface area contributed by atoms with Crippen LogP contribution in [0.5, 0.6) is 0 Å². The summed E-state index contributed by atoms with van der Waals surface area (Å²) in [4.78, 5) is 0. The Morgan fingerprint density at radius 1 is 0.947 bits per heavy atom. The summed E-state index contributed by atoms with van der Waals surface area (Å²) in [5.41, 5.74) is 3.64. The van der Waals surface area contributed by atoms with Crippen molar-refractivity contribution < 1.29 is 4.74 Å². The van der Waals surface area contributed by atoms with Gasteiger partial charge < -0.3 is 10.1 Å². The van der Waals surface area contributed by atoms with E-state index < -0.39 is 0 Å². The van der Waals surface area contributed by atoms with Crippen LogP contribution in [0.3, 0.4) is 0 Å². The van der Waals surface area contributed by atoms with Crippen LogP contribution >= 0.6 is 0 Å². The number of fused-ring (bicyclic) bond motifs is 1. The topological polar surface area (TPSA) is 21.3 Å². The summed E-state index contributed by atoms with van der Waals surface area (Å²) < 4.78 is 5.58. The zero-order valence-electron chi connectivity index (χ0n) is 10.9. The molecule has 1 aliphatic rings. The largest absolute Gasteiger partial charge is 0.375 e. The SMILES string of the molecule is CO[C@H]1C=Cc2ccccc2[C@H]1Nc1ccccc1. The van der Waals surface area contributed by atoms with Crippen molar-refractivity contribution in [3.05, 3.63) is 71.8 Å². The minimum atomic E-state index is 0.0510. The molecule has 0 saturated heterocycles. The van der Waals surface area contributed by atoms with Gasteiger partial charge in [0.1, 0.15) is 0 Å². The van der Waals surface area contributed by atoms with E-state index in [0.717, 1.165) is 5.69 Å². The molecule has 0 bridgehead atoms. The summed E-state index contributed by atoms with van der Waals surface area (Å²) in [6, 6.07) is 18.8. The third-order valence-corrected chi connectivity index (χ3v) is 3.49. The molecule has 0 aliphatic heterocycles. The first-order valence-corrected chi connectivity index (χ1v) is 6.50. The van der Waals surface area contributed by atoms with E-state index in [-0.39, 0.29) is 12.1 Å². The highest BCUT2D eigenvalue weighted by Crippen LogP contribution is 2.32. The Balaban J connectivity index is 1.95. The zero-order chi connectivity index (χ0) is 13.1. The van der Waals surface area contributed by atoms with Crippen molar-refractivity contribution in [1.82, 2.24) is 0 Å². The molecule has 0 amide bonds. The molecule has 2 heteroatoms. The summed E-state index contributed by atoms with van der Waals surface area (Å²) in [5.74, 6) is 0. The monoisotopic (exact) mass is 251 g/mol. The van der Waals surface area contributed by atoms with Gasteiger partial charge in [-0.2, -0.15) is 0 Å². The first-order valence-electron chi connectivity index (χ1n) is 6.50. The second kappa shape index (κ2) is 5.29. The normalized spacial score (nSPS) is 20.9. The molecule has 2 nitrogen and oxygen atoms in total. The summed E-state index contributed by atoms with van der Waals surface area (Å²) in [6.07, 6.45) is 4.30. The number of hydrogen-bond donors (Lipinski definition) is 1. The van der Waals surface area contributed by atoms with Crippen molar-refractivity contribution >= 4 is 11.8 Å². The summed E-state index contributed by atoms with van der Waals surface area (Å²) in [7, 11) is 1.75. The van der Waals surface area contributed by atoms with Crippen LogP contribution in [0.4, 0.5) is 5.69 Å². The van der Waals surface area contributed by atoms with Crippen molar-refractivity contribution in [3.8, 4) is 0 Å². The molecule has 2 aromatic rings. The van der Waals surface area contributed by atoms with Crippen LogP contribution in [0.1, 0.15) is 17.2 Å². The van der Waals surface area contributed by atoms with Crippen LogP contribution in [-0.4, -0.2) is 13.2 Å². The molecule has 2 aromatic carbocycles. The van der Waals surface area contributed by atoms with E-state index in [1.807, 2.05) is 18.2 Å². The highest BCUT2D eigenvalue weighted by Gasteiger charge is 2.25. The molecule has 1 aliphatic carbocycles. The Morgan fingerprint density at radius 2 is 1.68 bits per heavy atom. The van der Waals surface area contributed by atoms with E-state index in [1.54, 1.807) is 7.11 Å². The average molecular weight is 251 g/mol. The Morgan fingerprint density at radius 3 is 2.47 bits per heavy atom. The lowest BCUT2D eigenvalue weighted by molar-refractivity contribution is 0.124.